The van der Waals surface area contributed by atoms with Crippen LogP contribution in [0, 0.1) is 12.8 Å². The van der Waals surface area contributed by atoms with Crippen molar-refractivity contribution in [3.05, 3.63) is 29.3 Å². The number of rotatable bonds is 1. The van der Waals surface area contributed by atoms with Gasteiger partial charge in [0, 0.05) is 5.41 Å². The minimum Gasteiger partial charge on any atom is -0.481 e. The average Bonchev–Trinajstić information content (AvgIpc) is 3.01. The van der Waals surface area contributed by atoms with Crippen LogP contribution in [0.15, 0.2) is 23.1 Å². The lowest BCUT2D eigenvalue weighted by Gasteiger charge is -2.26. The van der Waals surface area contributed by atoms with Crippen LogP contribution in [-0.4, -0.2) is 25.2 Å². The van der Waals surface area contributed by atoms with Crippen molar-refractivity contribution in [1.82, 2.24) is 0 Å². The molecule has 1 aliphatic carbocycles. The number of carbonyl (C=O) groups is 1. The Morgan fingerprint density at radius 3 is 2.78 bits per heavy atom. The van der Waals surface area contributed by atoms with Crippen molar-refractivity contribution >= 4 is 15.8 Å². The van der Waals surface area contributed by atoms with Crippen molar-refractivity contribution < 1.29 is 18.3 Å². The quantitative estimate of drug-likeness (QED) is 0.836. The highest BCUT2D eigenvalue weighted by Gasteiger charge is 2.62. The minimum absolute atomic E-state index is 0.0623. The fourth-order valence-corrected chi connectivity index (χ4v) is 4.79. The van der Waals surface area contributed by atoms with Gasteiger partial charge >= 0.3 is 5.97 Å². The van der Waals surface area contributed by atoms with Crippen LogP contribution in [0.2, 0.25) is 0 Å². The van der Waals surface area contributed by atoms with Crippen LogP contribution < -0.4 is 0 Å². The molecule has 0 amide bonds. The van der Waals surface area contributed by atoms with E-state index in [1.54, 1.807) is 12.1 Å². The Morgan fingerprint density at radius 2 is 2.17 bits per heavy atom. The maximum Gasteiger partial charge on any atom is 0.307 e. The van der Waals surface area contributed by atoms with E-state index in [0.29, 0.717) is 17.7 Å². The fraction of sp³-hybridized carbons (Fsp3) is 0.462. The standard InChI is InChI=1S/C13H14O4S/c1-8-2-3-11-9(6-8)13(4-5-18(11,16)17)7-10(13)12(14)15/h2-3,6,10H,4-5,7H2,1H3,(H,14,15). The van der Waals surface area contributed by atoms with Crippen LogP contribution in [0.25, 0.3) is 0 Å². The summed E-state index contributed by atoms with van der Waals surface area (Å²) in [4.78, 5) is 11.5. The molecule has 1 fully saturated rings. The van der Waals surface area contributed by atoms with Crippen LogP contribution in [-0.2, 0) is 20.0 Å². The fourth-order valence-electron chi connectivity index (χ4n) is 3.07. The Kier molecular flexibility index (Phi) is 2.18. The highest BCUT2D eigenvalue weighted by atomic mass is 32.2. The van der Waals surface area contributed by atoms with E-state index in [0.717, 1.165) is 11.1 Å². The van der Waals surface area contributed by atoms with Gasteiger partial charge in [-0.1, -0.05) is 17.7 Å². The molecular formula is C13H14O4S. The number of fused-ring (bicyclic) bond motifs is 2. The molecule has 5 heteroatoms. The molecule has 0 aromatic heterocycles. The summed E-state index contributed by atoms with van der Waals surface area (Å²) in [5.41, 5.74) is 1.26. The predicted molar refractivity (Wildman–Crippen MR) is 65.3 cm³/mol. The third kappa shape index (κ3) is 1.43. The van der Waals surface area contributed by atoms with E-state index in [4.69, 9.17) is 5.11 Å². The Labute approximate surface area is 106 Å². The molecule has 0 saturated heterocycles. The number of benzene rings is 1. The van der Waals surface area contributed by atoms with E-state index in [-0.39, 0.29) is 5.75 Å². The molecule has 1 spiro atoms. The molecule has 2 unspecified atom stereocenters. The first-order chi connectivity index (χ1) is 8.37. The number of hydrogen-bond acceptors (Lipinski definition) is 3. The van der Waals surface area contributed by atoms with Gasteiger partial charge in [-0.25, -0.2) is 8.42 Å². The largest absolute Gasteiger partial charge is 0.481 e. The SMILES string of the molecule is Cc1ccc2c(c1)C1(CCS2(=O)=O)CC1C(=O)O. The Balaban J connectivity index is 2.20. The summed E-state index contributed by atoms with van der Waals surface area (Å²) in [5, 5.41) is 9.15. The maximum atomic E-state index is 12.0. The van der Waals surface area contributed by atoms with Crippen molar-refractivity contribution in [2.75, 3.05) is 5.75 Å². The first kappa shape index (κ1) is 11.7. The van der Waals surface area contributed by atoms with Gasteiger partial charge < -0.3 is 5.11 Å². The lowest BCUT2D eigenvalue weighted by atomic mass is 9.89. The average molecular weight is 266 g/mol. The third-order valence-corrected chi connectivity index (χ3v) is 5.96. The summed E-state index contributed by atoms with van der Waals surface area (Å²) in [6, 6.07) is 5.24. The van der Waals surface area contributed by atoms with Gasteiger partial charge in [0.2, 0.25) is 0 Å². The second-order valence-electron chi connectivity index (χ2n) is 5.32. The molecular weight excluding hydrogens is 252 g/mol. The van der Waals surface area contributed by atoms with Crippen molar-refractivity contribution in [2.24, 2.45) is 5.92 Å². The summed E-state index contributed by atoms with van der Waals surface area (Å²) in [6.07, 6.45) is 0.997. The highest BCUT2D eigenvalue weighted by Crippen LogP contribution is 2.60. The van der Waals surface area contributed by atoms with Gasteiger partial charge in [-0.05, 0) is 31.4 Å². The first-order valence-corrected chi connectivity index (χ1v) is 7.59. The highest BCUT2D eigenvalue weighted by molar-refractivity contribution is 7.91. The Morgan fingerprint density at radius 1 is 1.44 bits per heavy atom. The summed E-state index contributed by atoms with van der Waals surface area (Å²) in [5.74, 6) is -1.18. The van der Waals surface area contributed by atoms with Gasteiger partial charge in [0.25, 0.3) is 0 Å². The molecule has 2 atom stereocenters. The van der Waals surface area contributed by atoms with E-state index in [1.807, 2.05) is 13.0 Å². The van der Waals surface area contributed by atoms with Crippen molar-refractivity contribution in [2.45, 2.75) is 30.1 Å². The van der Waals surface area contributed by atoms with E-state index in [9.17, 15) is 13.2 Å². The normalized spacial score (nSPS) is 31.9. The summed E-state index contributed by atoms with van der Waals surface area (Å²) in [6.45, 7) is 1.90. The van der Waals surface area contributed by atoms with Gasteiger partial charge in [-0.3, -0.25) is 4.79 Å². The molecule has 96 valence electrons. The van der Waals surface area contributed by atoms with Gasteiger partial charge in [0.05, 0.1) is 16.6 Å². The molecule has 1 aromatic carbocycles. The molecule has 1 aromatic rings. The number of carboxylic acid groups (broad SMARTS) is 1. The van der Waals surface area contributed by atoms with Crippen LogP contribution in [0.5, 0.6) is 0 Å². The second-order valence-corrected chi connectivity index (χ2v) is 7.40. The van der Waals surface area contributed by atoms with E-state index in [2.05, 4.69) is 0 Å². The zero-order valence-electron chi connectivity index (χ0n) is 10.0. The Hall–Kier alpha value is -1.36. The molecule has 3 rings (SSSR count). The summed E-state index contributed by atoms with van der Waals surface area (Å²) < 4.78 is 24.1. The van der Waals surface area contributed by atoms with Crippen molar-refractivity contribution in [3.8, 4) is 0 Å². The van der Waals surface area contributed by atoms with E-state index < -0.39 is 27.1 Å². The second kappa shape index (κ2) is 3.35. The zero-order chi connectivity index (χ0) is 13.1. The topological polar surface area (TPSA) is 71.4 Å². The molecule has 0 radical (unpaired) electrons. The van der Waals surface area contributed by atoms with Gasteiger partial charge in [0.1, 0.15) is 0 Å². The molecule has 18 heavy (non-hydrogen) atoms. The number of hydrogen-bond donors (Lipinski definition) is 1. The maximum absolute atomic E-state index is 12.0. The summed E-state index contributed by atoms with van der Waals surface area (Å²) in [7, 11) is -3.23. The lowest BCUT2D eigenvalue weighted by Crippen LogP contribution is -2.28. The van der Waals surface area contributed by atoms with Crippen molar-refractivity contribution in [3.63, 3.8) is 0 Å². The smallest absolute Gasteiger partial charge is 0.307 e. The number of carboxylic acids is 1. The van der Waals surface area contributed by atoms with Gasteiger partial charge in [-0.2, -0.15) is 0 Å². The minimum atomic E-state index is -3.23. The number of aryl methyl sites for hydroxylation is 1. The molecule has 1 saturated carbocycles. The monoisotopic (exact) mass is 266 g/mol. The van der Waals surface area contributed by atoms with Crippen molar-refractivity contribution in [1.29, 1.82) is 0 Å². The van der Waals surface area contributed by atoms with Crippen LogP contribution >= 0.6 is 0 Å². The molecule has 1 aliphatic heterocycles. The third-order valence-electron chi connectivity index (χ3n) is 4.20. The molecule has 1 N–H and O–H groups in total. The molecule has 2 aliphatic rings. The lowest BCUT2D eigenvalue weighted by molar-refractivity contribution is -0.139. The van der Waals surface area contributed by atoms with Gasteiger partial charge in [-0.15, -0.1) is 0 Å². The predicted octanol–water partition coefficient (Wildman–Crippen LogP) is 1.51. The molecule has 1 heterocycles. The molecule has 4 nitrogen and oxygen atoms in total. The van der Waals surface area contributed by atoms with Crippen LogP contribution in [0.3, 0.4) is 0 Å². The Bertz CT molecular complexity index is 647. The zero-order valence-corrected chi connectivity index (χ0v) is 10.8. The van der Waals surface area contributed by atoms with Crippen LogP contribution in [0.1, 0.15) is 24.0 Å². The number of aliphatic carboxylic acids is 1. The number of sulfone groups is 1. The summed E-state index contributed by atoms with van der Waals surface area (Å²) >= 11 is 0. The van der Waals surface area contributed by atoms with Gasteiger partial charge in [0.15, 0.2) is 9.84 Å². The van der Waals surface area contributed by atoms with Crippen LogP contribution in [0.4, 0.5) is 0 Å². The van der Waals surface area contributed by atoms with E-state index >= 15 is 0 Å². The molecule has 0 bridgehead atoms. The van der Waals surface area contributed by atoms with E-state index in [1.165, 1.54) is 0 Å². The first-order valence-electron chi connectivity index (χ1n) is 5.93.